The summed E-state index contributed by atoms with van der Waals surface area (Å²) in [5.41, 5.74) is 2.65. The van der Waals surface area contributed by atoms with Gasteiger partial charge < -0.3 is 19.7 Å². The van der Waals surface area contributed by atoms with Crippen molar-refractivity contribution in [3.63, 3.8) is 0 Å². The molecule has 8 nitrogen and oxygen atoms in total. The van der Waals surface area contributed by atoms with E-state index in [9.17, 15) is 4.79 Å². The average molecular weight is 381 g/mol. The predicted molar refractivity (Wildman–Crippen MR) is 106 cm³/mol. The van der Waals surface area contributed by atoms with Gasteiger partial charge in [0.15, 0.2) is 5.65 Å². The first-order valence-corrected chi connectivity index (χ1v) is 9.37. The van der Waals surface area contributed by atoms with Crippen LogP contribution in [-0.4, -0.2) is 57.9 Å². The Morgan fingerprint density at radius 2 is 2.07 bits per heavy atom. The van der Waals surface area contributed by atoms with Gasteiger partial charge in [-0.3, -0.25) is 0 Å². The summed E-state index contributed by atoms with van der Waals surface area (Å²) in [5, 5.41) is 7.58. The highest BCUT2D eigenvalue weighted by Gasteiger charge is 2.19. The average Bonchev–Trinajstić information content (AvgIpc) is 3.11. The molecule has 0 saturated heterocycles. The standard InChI is InChI=1S/C20H23N5O3/c1-14(2)24-9-11-27-16-5-3-4-15(12-16)17-13-22-25-8-6-18(23-19(17)25)21-7-10-28-20(24)26/h3-6,8,12-14H,7,9-11H2,1-2H3,(H,21,23). The van der Waals surface area contributed by atoms with Crippen molar-refractivity contribution in [2.45, 2.75) is 19.9 Å². The summed E-state index contributed by atoms with van der Waals surface area (Å²) in [5.74, 6) is 1.43. The zero-order valence-corrected chi connectivity index (χ0v) is 16.0. The van der Waals surface area contributed by atoms with E-state index >= 15 is 0 Å². The predicted octanol–water partition coefficient (Wildman–Crippen LogP) is 3.05. The Bertz CT molecular complexity index is 985. The summed E-state index contributed by atoms with van der Waals surface area (Å²) in [6.45, 7) is 5.47. The number of hydrogen-bond acceptors (Lipinski definition) is 6. The minimum Gasteiger partial charge on any atom is -0.492 e. The first-order valence-electron chi connectivity index (χ1n) is 9.37. The van der Waals surface area contributed by atoms with Crippen LogP contribution in [-0.2, 0) is 4.74 Å². The Balaban J connectivity index is 1.69. The number of carbonyl (C=O) groups is 1. The molecular formula is C20H23N5O3. The maximum atomic E-state index is 12.4. The zero-order chi connectivity index (χ0) is 19.5. The fraction of sp³-hybridized carbons (Fsp3) is 0.350. The van der Waals surface area contributed by atoms with Crippen molar-refractivity contribution in [1.29, 1.82) is 0 Å². The molecule has 0 atom stereocenters. The number of fused-ring (bicyclic) bond motifs is 4. The molecule has 146 valence electrons. The molecule has 2 aromatic heterocycles. The lowest BCUT2D eigenvalue weighted by Crippen LogP contribution is -2.40. The van der Waals surface area contributed by atoms with Crippen molar-refractivity contribution in [2.24, 2.45) is 0 Å². The van der Waals surface area contributed by atoms with E-state index in [4.69, 9.17) is 9.47 Å². The van der Waals surface area contributed by atoms with Crippen molar-refractivity contribution in [3.05, 3.63) is 42.7 Å². The van der Waals surface area contributed by atoms with Crippen molar-refractivity contribution in [1.82, 2.24) is 19.5 Å². The van der Waals surface area contributed by atoms with Crippen LogP contribution in [0.3, 0.4) is 0 Å². The minimum atomic E-state index is -0.345. The monoisotopic (exact) mass is 381 g/mol. The second-order valence-corrected chi connectivity index (χ2v) is 6.84. The normalized spacial score (nSPS) is 15.4. The van der Waals surface area contributed by atoms with E-state index in [1.807, 2.05) is 50.4 Å². The molecule has 0 spiro atoms. The zero-order valence-electron chi connectivity index (χ0n) is 16.0. The van der Waals surface area contributed by atoms with Crippen LogP contribution in [0.5, 0.6) is 5.75 Å². The minimum absolute atomic E-state index is 0.0216. The number of amides is 1. The van der Waals surface area contributed by atoms with Gasteiger partial charge in [-0.25, -0.2) is 14.3 Å². The number of cyclic esters (lactones) is 1. The highest BCUT2D eigenvalue weighted by Crippen LogP contribution is 2.27. The first-order chi connectivity index (χ1) is 13.6. The van der Waals surface area contributed by atoms with Gasteiger partial charge in [0.25, 0.3) is 0 Å². The van der Waals surface area contributed by atoms with Crippen LogP contribution in [0.1, 0.15) is 13.8 Å². The Labute approximate surface area is 163 Å². The van der Waals surface area contributed by atoms with Crippen molar-refractivity contribution in [2.75, 3.05) is 31.6 Å². The van der Waals surface area contributed by atoms with Crippen molar-refractivity contribution >= 4 is 17.6 Å². The topological polar surface area (TPSA) is 81.0 Å². The highest BCUT2D eigenvalue weighted by molar-refractivity contribution is 5.78. The van der Waals surface area contributed by atoms with Gasteiger partial charge in [-0.05, 0) is 37.6 Å². The van der Waals surface area contributed by atoms with Gasteiger partial charge in [0.05, 0.1) is 19.3 Å². The number of benzene rings is 1. The summed E-state index contributed by atoms with van der Waals surface area (Å²) >= 11 is 0. The number of ether oxygens (including phenoxy) is 2. The molecule has 1 amide bonds. The van der Waals surface area contributed by atoms with E-state index in [0.717, 1.165) is 22.5 Å². The third kappa shape index (κ3) is 3.71. The number of aromatic nitrogens is 3. The van der Waals surface area contributed by atoms with Crippen LogP contribution in [0, 0.1) is 0 Å². The maximum absolute atomic E-state index is 12.4. The van der Waals surface area contributed by atoms with E-state index in [-0.39, 0.29) is 18.7 Å². The number of rotatable bonds is 1. The van der Waals surface area contributed by atoms with Gasteiger partial charge in [-0.1, -0.05) is 12.1 Å². The van der Waals surface area contributed by atoms with Gasteiger partial charge in [-0.2, -0.15) is 5.10 Å². The molecule has 0 saturated carbocycles. The molecule has 3 aromatic rings. The first kappa shape index (κ1) is 18.1. The Hall–Kier alpha value is -3.29. The molecule has 1 aromatic carbocycles. The molecular weight excluding hydrogens is 358 g/mol. The van der Waals surface area contributed by atoms with Crippen molar-refractivity contribution < 1.29 is 14.3 Å². The van der Waals surface area contributed by atoms with Gasteiger partial charge in [0.1, 0.15) is 24.8 Å². The van der Waals surface area contributed by atoms with Crippen LogP contribution in [0.4, 0.5) is 10.6 Å². The van der Waals surface area contributed by atoms with Gasteiger partial charge in [0.2, 0.25) is 0 Å². The van der Waals surface area contributed by atoms with E-state index in [1.165, 1.54) is 0 Å². The number of hydrogen-bond donors (Lipinski definition) is 1. The third-order valence-corrected chi connectivity index (χ3v) is 4.61. The second-order valence-electron chi connectivity index (χ2n) is 6.84. The Morgan fingerprint density at radius 1 is 1.18 bits per heavy atom. The van der Waals surface area contributed by atoms with Crippen molar-refractivity contribution in [3.8, 4) is 16.9 Å². The molecule has 8 heteroatoms. The smallest absolute Gasteiger partial charge is 0.410 e. The van der Waals surface area contributed by atoms with E-state index in [2.05, 4.69) is 15.4 Å². The molecule has 1 aliphatic rings. The Kier molecular flexibility index (Phi) is 5.01. The summed E-state index contributed by atoms with van der Waals surface area (Å²) in [4.78, 5) is 18.7. The van der Waals surface area contributed by atoms with Crippen LogP contribution >= 0.6 is 0 Å². The fourth-order valence-electron chi connectivity index (χ4n) is 3.15. The van der Waals surface area contributed by atoms with Gasteiger partial charge >= 0.3 is 6.09 Å². The largest absolute Gasteiger partial charge is 0.492 e. The summed E-state index contributed by atoms with van der Waals surface area (Å²) in [6.07, 6.45) is 3.31. The maximum Gasteiger partial charge on any atom is 0.410 e. The van der Waals surface area contributed by atoms with Crippen LogP contribution < -0.4 is 10.1 Å². The number of carbonyl (C=O) groups excluding carboxylic acids is 1. The SMILES string of the molecule is CC(C)N1CCOc2cccc(c2)-c2cnn3ccc(nc23)NCCOC1=O. The number of nitrogens with zero attached hydrogens (tertiary/aromatic N) is 4. The molecule has 4 rings (SSSR count). The lowest BCUT2D eigenvalue weighted by Gasteiger charge is -2.26. The van der Waals surface area contributed by atoms with E-state index < -0.39 is 0 Å². The lowest BCUT2D eigenvalue weighted by atomic mass is 10.1. The number of anilines is 1. The summed E-state index contributed by atoms with van der Waals surface area (Å²) < 4.78 is 13.0. The molecule has 0 fully saturated rings. The molecule has 1 N–H and O–H groups in total. The molecule has 28 heavy (non-hydrogen) atoms. The summed E-state index contributed by atoms with van der Waals surface area (Å²) in [6, 6.07) is 9.67. The molecule has 3 heterocycles. The van der Waals surface area contributed by atoms with Crippen LogP contribution in [0.25, 0.3) is 16.8 Å². The van der Waals surface area contributed by atoms with E-state index in [0.29, 0.717) is 25.5 Å². The lowest BCUT2D eigenvalue weighted by molar-refractivity contribution is 0.0878. The summed E-state index contributed by atoms with van der Waals surface area (Å²) in [7, 11) is 0. The van der Waals surface area contributed by atoms with Gasteiger partial charge in [-0.15, -0.1) is 0 Å². The van der Waals surface area contributed by atoms with Gasteiger partial charge in [0, 0.05) is 17.8 Å². The quantitative estimate of drug-likeness (QED) is 0.698. The highest BCUT2D eigenvalue weighted by atomic mass is 16.6. The molecule has 0 aliphatic carbocycles. The van der Waals surface area contributed by atoms with E-state index in [1.54, 1.807) is 15.6 Å². The molecule has 1 aliphatic heterocycles. The fourth-order valence-corrected chi connectivity index (χ4v) is 3.15. The van der Waals surface area contributed by atoms with Crippen LogP contribution in [0.15, 0.2) is 42.7 Å². The van der Waals surface area contributed by atoms with Crippen LogP contribution in [0.2, 0.25) is 0 Å². The molecule has 4 bridgehead atoms. The molecule has 0 unspecified atom stereocenters. The molecule has 0 radical (unpaired) electrons. The second kappa shape index (κ2) is 7.75. The third-order valence-electron chi connectivity index (χ3n) is 4.61. The Morgan fingerprint density at radius 3 is 2.93 bits per heavy atom. The number of nitrogens with one attached hydrogen (secondary N) is 1.